The van der Waals surface area contributed by atoms with Gasteiger partial charge in [-0.2, -0.15) is 0 Å². The number of carbonyl (C=O) groups is 2. The maximum Gasteiger partial charge on any atom is 0.262 e. The first-order chi connectivity index (χ1) is 11.1. The Balaban J connectivity index is 1.96. The second-order valence-electron chi connectivity index (χ2n) is 4.60. The molecule has 0 aliphatic heterocycles. The van der Waals surface area contributed by atoms with Crippen molar-refractivity contribution in [2.45, 2.75) is 0 Å². The van der Waals surface area contributed by atoms with Crippen molar-refractivity contribution in [3.8, 4) is 5.75 Å². The molecular weight excluding hydrogens is 318 g/mol. The zero-order valence-electron chi connectivity index (χ0n) is 12.2. The first kappa shape index (κ1) is 16.8. The molecule has 0 saturated heterocycles. The van der Waals surface area contributed by atoms with Crippen LogP contribution >= 0.6 is 11.6 Å². The number of hydrogen-bond acceptors (Lipinski definition) is 4. The fraction of sp³-hybridized carbons (Fsp3) is 0.125. The van der Waals surface area contributed by atoms with E-state index >= 15 is 0 Å². The molecule has 0 bridgehead atoms. The van der Waals surface area contributed by atoms with Crippen LogP contribution in [0.15, 0.2) is 48.5 Å². The fourth-order valence-electron chi connectivity index (χ4n) is 1.76. The Morgan fingerprint density at radius 1 is 1.04 bits per heavy atom. The van der Waals surface area contributed by atoms with E-state index in [2.05, 4.69) is 10.6 Å². The summed E-state index contributed by atoms with van der Waals surface area (Å²) in [4.78, 5) is 23.2. The van der Waals surface area contributed by atoms with Gasteiger partial charge in [-0.15, -0.1) is 0 Å². The standard InChI is InChI=1S/C16H16ClN3O3/c17-13-7-6-11(19-15(21)9-18)8-14(13)20-16(22)10-23-12-4-2-1-3-5-12/h1-8H,9-10,18H2,(H,19,21)(H,20,22). The zero-order chi connectivity index (χ0) is 16.7. The molecule has 2 rings (SSSR count). The van der Waals surface area contributed by atoms with Crippen LogP contribution in [-0.2, 0) is 9.59 Å². The quantitative estimate of drug-likeness (QED) is 0.755. The normalized spacial score (nSPS) is 10.0. The van der Waals surface area contributed by atoms with Gasteiger partial charge in [0.2, 0.25) is 5.91 Å². The molecule has 6 nitrogen and oxygen atoms in total. The number of anilines is 2. The first-order valence-electron chi connectivity index (χ1n) is 6.85. The molecule has 23 heavy (non-hydrogen) atoms. The summed E-state index contributed by atoms with van der Waals surface area (Å²) in [5.41, 5.74) is 6.11. The van der Waals surface area contributed by atoms with Crippen LogP contribution in [-0.4, -0.2) is 25.0 Å². The fourth-order valence-corrected chi connectivity index (χ4v) is 1.93. The van der Waals surface area contributed by atoms with Crippen molar-refractivity contribution in [3.63, 3.8) is 0 Å². The number of benzene rings is 2. The van der Waals surface area contributed by atoms with E-state index in [0.717, 1.165) is 0 Å². The number of rotatable bonds is 6. The summed E-state index contributed by atoms with van der Waals surface area (Å²) in [5, 5.41) is 5.57. The van der Waals surface area contributed by atoms with Crippen LogP contribution in [0.2, 0.25) is 5.02 Å². The molecule has 120 valence electrons. The molecular formula is C16H16ClN3O3. The van der Waals surface area contributed by atoms with Crippen LogP contribution in [0.4, 0.5) is 11.4 Å². The number of nitrogens with one attached hydrogen (secondary N) is 2. The molecule has 0 aromatic heterocycles. The van der Waals surface area contributed by atoms with Crippen molar-refractivity contribution in [1.82, 2.24) is 0 Å². The molecule has 2 aromatic rings. The van der Waals surface area contributed by atoms with Gasteiger partial charge >= 0.3 is 0 Å². The predicted molar refractivity (Wildman–Crippen MR) is 89.7 cm³/mol. The molecule has 0 atom stereocenters. The van der Waals surface area contributed by atoms with Crippen LogP contribution in [0.25, 0.3) is 0 Å². The van der Waals surface area contributed by atoms with Gasteiger partial charge in [-0.1, -0.05) is 29.8 Å². The topological polar surface area (TPSA) is 93.5 Å². The lowest BCUT2D eigenvalue weighted by Gasteiger charge is -2.11. The molecule has 4 N–H and O–H groups in total. The molecule has 2 aromatic carbocycles. The Labute approximate surface area is 138 Å². The third kappa shape index (κ3) is 5.28. The lowest BCUT2D eigenvalue weighted by Crippen LogP contribution is -2.22. The van der Waals surface area contributed by atoms with Gasteiger partial charge in [-0.25, -0.2) is 0 Å². The van der Waals surface area contributed by atoms with Crippen molar-refractivity contribution in [2.75, 3.05) is 23.8 Å². The Bertz CT molecular complexity index is 692. The highest BCUT2D eigenvalue weighted by atomic mass is 35.5. The van der Waals surface area contributed by atoms with Crippen LogP contribution in [0, 0.1) is 0 Å². The largest absolute Gasteiger partial charge is 0.484 e. The molecule has 0 aliphatic rings. The molecule has 0 heterocycles. The second kappa shape index (κ2) is 8.17. The van der Waals surface area contributed by atoms with Gasteiger partial charge in [0.15, 0.2) is 6.61 Å². The summed E-state index contributed by atoms with van der Waals surface area (Å²) in [6.07, 6.45) is 0. The van der Waals surface area contributed by atoms with Gasteiger partial charge in [0.25, 0.3) is 5.91 Å². The highest BCUT2D eigenvalue weighted by Crippen LogP contribution is 2.25. The van der Waals surface area contributed by atoms with Gasteiger partial charge < -0.3 is 21.1 Å². The molecule has 0 fully saturated rings. The maximum absolute atomic E-state index is 11.9. The van der Waals surface area contributed by atoms with E-state index in [-0.39, 0.29) is 25.0 Å². The van der Waals surface area contributed by atoms with Gasteiger partial charge in [-0.3, -0.25) is 9.59 Å². The van der Waals surface area contributed by atoms with E-state index in [1.165, 1.54) is 0 Å². The lowest BCUT2D eigenvalue weighted by molar-refractivity contribution is -0.118. The maximum atomic E-state index is 11.9. The number of halogens is 1. The summed E-state index contributed by atoms with van der Waals surface area (Å²) in [6.45, 7) is -0.283. The van der Waals surface area contributed by atoms with Gasteiger partial charge in [-0.05, 0) is 30.3 Å². The number of ether oxygens (including phenoxy) is 1. The van der Waals surface area contributed by atoms with E-state index in [9.17, 15) is 9.59 Å². The van der Waals surface area contributed by atoms with Crippen LogP contribution < -0.4 is 21.1 Å². The van der Waals surface area contributed by atoms with Crippen LogP contribution in [0.1, 0.15) is 0 Å². The second-order valence-corrected chi connectivity index (χ2v) is 5.00. The number of amides is 2. The number of hydrogen-bond donors (Lipinski definition) is 3. The monoisotopic (exact) mass is 333 g/mol. The Morgan fingerprint density at radius 3 is 2.48 bits per heavy atom. The summed E-state index contributed by atoms with van der Waals surface area (Å²) in [7, 11) is 0. The Morgan fingerprint density at radius 2 is 1.78 bits per heavy atom. The summed E-state index contributed by atoms with van der Waals surface area (Å²) in [6, 6.07) is 13.7. The molecule has 7 heteroatoms. The Hall–Kier alpha value is -2.57. The van der Waals surface area contributed by atoms with Crippen molar-refractivity contribution in [3.05, 3.63) is 53.6 Å². The SMILES string of the molecule is NCC(=O)Nc1ccc(Cl)c(NC(=O)COc2ccccc2)c1. The van der Waals surface area contributed by atoms with Crippen molar-refractivity contribution in [2.24, 2.45) is 5.73 Å². The van der Waals surface area contributed by atoms with E-state index in [4.69, 9.17) is 22.1 Å². The minimum absolute atomic E-state index is 0.130. The third-order valence-corrected chi connectivity index (χ3v) is 3.15. The third-order valence-electron chi connectivity index (χ3n) is 2.82. The van der Waals surface area contributed by atoms with E-state index < -0.39 is 0 Å². The van der Waals surface area contributed by atoms with Gasteiger partial charge in [0.1, 0.15) is 5.75 Å². The Kier molecular flexibility index (Phi) is 5.96. The summed E-state index contributed by atoms with van der Waals surface area (Å²) < 4.78 is 5.35. The van der Waals surface area contributed by atoms with E-state index in [0.29, 0.717) is 22.1 Å². The number of para-hydroxylation sites is 1. The van der Waals surface area contributed by atoms with Crippen LogP contribution in [0.5, 0.6) is 5.75 Å². The van der Waals surface area contributed by atoms with E-state index in [1.54, 1.807) is 30.3 Å². The minimum atomic E-state index is -0.363. The molecule has 0 aliphatic carbocycles. The highest BCUT2D eigenvalue weighted by Gasteiger charge is 2.09. The van der Waals surface area contributed by atoms with Crippen molar-refractivity contribution in [1.29, 1.82) is 0 Å². The van der Waals surface area contributed by atoms with Gasteiger partial charge in [0, 0.05) is 5.69 Å². The molecule has 0 spiro atoms. The smallest absolute Gasteiger partial charge is 0.262 e. The number of nitrogens with two attached hydrogens (primary N) is 1. The first-order valence-corrected chi connectivity index (χ1v) is 7.23. The predicted octanol–water partition coefficient (Wildman–Crippen LogP) is 2.25. The molecule has 2 amide bonds. The summed E-state index contributed by atoms with van der Waals surface area (Å²) in [5.74, 6) is -0.104. The summed E-state index contributed by atoms with van der Waals surface area (Å²) >= 11 is 6.03. The zero-order valence-corrected chi connectivity index (χ0v) is 13.0. The van der Waals surface area contributed by atoms with Crippen molar-refractivity contribution < 1.29 is 14.3 Å². The average Bonchev–Trinajstić information content (AvgIpc) is 2.57. The van der Waals surface area contributed by atoms with Crippen LogP contribution in [0.3, 0.4) is 0 Å². The average molecular weight is 334 g/mol. The minimum Gasteiger partial charge on any atom is -0.484 e. The molecule has 0 unspecified atom stereocenters. The molecule has 0 radical (unpaired) electrons. The number of carbonyl (C=O) groups excluding carboxylic acids is 2. The van der Waals surface area contributed by atoms with E-state index in [1.807, 2.05) is 18.2 Å². The van der Waals surface area contributed by atoms with Gasteiger partial charge in [0.05, 0.1) is 17.3 Å². The van der Waals surface area contributed by atoms with Crippen molar-refractivity contribution >= 4 is 34.8 Å². The molecule has 0 saturated carbocycles. The lowest BCUT2D eigenvalue weighted by atomic mass is 10.2. The highest BCUT2D eigenvalue weighted by molar-refractivity contribution is 6.33.